The third-order valence-corrected chi connectivity index (χ3v) is 0. The summed E-state index contributed by atoms with van der Waals surface area (Å²) in [5, 5.41) is 0. The van der Waals surface area contributed by atoms with Gasteiger partial charge in [-0.05, 0) is 0 Å². The van der Waals surface area contributed by atoms with E-state index in [1.165, 1.54) is 0 Å². The van der Waals surface area contributed by atoms with Gasteiger partial charge in [0.15, 0.2) is 0 Å². The van der Waals surface area contributed by atoms with E-state index in [-0.39, 0.29) is 65.7 Å². The molecule has 0 fully saturated rings. The van der Waals surface area contributed by atoms with Gasteiger partial charge in [0.1, 0.15) is 0 Å². The number of hydrogen-bond acceptors (Lipinski definition) is 0. The van der Waals surface area contributed by atoms with Crippen molar-refractivity contribution in [3.05, 3.63) is 7.43 Å². The van der Waals surface area contributed by atoms with E-state index in [0.717, 1.165) is 0 Å². The Morgan fingerprint density at radius 3 is 1.00 bits per heavy atom. The van der Waals surface area contributed by atoms with Gasteiger partial charge in [-0.25, -0.2) is 0 Å². The molecule has 0 bridgehead atoms. The van der Waals surface area contributed by atoms with Gasteiger partial charge in [-0.1, -0.05) is 0 Å². The summed E-state index contributed by atoms with van der Waals surface area (Å²) in [6.07, 6.45) is 0. The van der Waals surface area contributed by atoms with Crippen LogP contribution in [0.25, 0.3) is 0 Å². The SMILES string of the molecule is [Al].[C].[Nb].[V]. The third kappa shape index (κ3) is 9.13. The monoisotopic (exact) mass is 183 g/mol. The molecule has 0 aromatic rings. The van der Waals surface area contributed by atoms with E-state index in [2.05, 4.69) is 0 Å². The Balaban J connectivity index is 0. The second-order valence-electron chi connectivity index (χ2n) is 0. The van der Waals surface area contributed by atoms with Crippen molar-refractivity contribution in [2.75, 3.05) is 0 Å². The first-order valence-electron chi connectivity index (χ1n) is 0. The van der Waals surface area contributed by atoms with Crippen molar-refractivity contribution in [1.82, 2.24) is 0 Å². The van der Waals surface area contributed by atoms with Crippen molar-refractivity contribution in [2.24, 2.45) is 0 Å². The van der Waals surface area contributed by atoms with Crippen molar-refractivity contribution in [3.63, 3.8) is 0 Å². The molecule has 17 valence electrons. The number of hydrogen-bond donors (Lipinski definition) is 0. The number of rotatable bonds is 0. The van der Waals surface area contributed by atoms with Crippen molar-refractivity contribution < 1.29 is 40.9 Å². The standard InChI is InChI=1S/C.Al.Nb.V. The molecule has 0 saturated carbocycles. The quantitative estimate of drug-likeness (QED) is 0.452. The molecular weight excluding hydrogens is 183 g/mol. The Bertz CT molecular complexity index is 8.00. The summed E-state index contributed by atoms with van der Waals surface area (Å²) >= 11 is 0. The van der Waals surface area contributed by atoms with E-state index in [1.54, 1.807) is 0 Å². The van der Waals surface area contributed by atoms with Crippen LogP contribution in [0.4, 0.5) is 0 Å². The molecule has 0 aromatic carbocycles. The van der Waals surface area contributed by atoms with Gasteiger partial charge in [0.25, 0.3) is 0 Å². The predicted octanol–water partition coefficient (Wildman–Crippen LogP) is -0.305. The van der Waals surface area contributed by atoms with Crippen molar-refractivity contribution in [1.29, 1.82) is 0 Å². The molecular formula is CAlNbV. The molecule has 9 radical (unpaired) electrons. The van der Waals surface area contributed by atoms with Gasteiger partial charge in [-0.15, -0.1) is 0 Å². The predicted molar refractivity (Wildman–Crippen MR) is 9.00 cm³/mol. The van der Waals surface area contributed by atoms with E-state index in [0.29, 0.717) is 0 Å². The first-order chi connectivity index (χ1) is 0. The zero-order valence-electron chi connectivity index (χ0n) is 1.97. The van der Waals surface area contributed by atoms with E-state index in [1.807, 2.05) is 0 Å². The maximum atomic E-state index is 0. The average molecular weight is 183 g/mol. The molecule has 0 amide bonds. The summed E-state index contributed by atoms with van der Waals surface area (Å²) in [5.41, 5.74) is 0. The summed E-state index contributed by atoms with van der Waals surface area (Å²) in [4.78, 5) is 0. The van der Waals surface area contributed by atoms with E-state index in [9.17, 15) is 0 Å². The largest absolute Gasteiger partial charge is 0 e. The molecule has 0 rings (SSSR count). The fourth-order valence-electron chi connectivity index (χ4n) is 0. The summed E-state index contributed by atoms with van der Waals surface area (Å²) in [7, 11) is 0. The van der Waals surface area contributed by atoms with E-state index < -0.39 is 0 Å². The summed E-state index contributed by atoms with van der Waals surface area (Å²) in [6, 6.07) is 0. The summed E-state index contributed by atoms with van der Waals surface area (Å²) in [6.45, 7) is 0. The Morgan fingerprint density at radius 2 is 1.00 bits per heavy atom. The summed E-state index contributed by atoms with van der Waals surface area (Å²) in [5.74, 6) is 0. The van der Waals surface area contributed by atoms with Crippen LogP contribution in [-0.4, -0.2) is 17.4 Å². The van der Waals surface area contributed by atoms with Crippen LogP contribution >= 0.6 is 0 Å². The Morgan fingerprint density at radius 1 is 1.00 bits per heavy atom. The molecule has 3 heteroatoms. The van der Waals surface area contributed by atoms with Gasteiger partial charge in [0.05, 0.1) is 0 Å². The van der Waals surface area contributed by atoms with Crippen molar-refractivity contribution in [2.45, 2.75) is 0 Å². The zero-order valence-corrected chi connectivity index (χ0v) is 6.72. The zero-order chi connectivity index (χ0) is 0. The van der Waals surface area contributed by atoms with Gasteiger partial charge in [0.2, 0.25) is 0 Å². The normalized spacial score (nSPS) is 0. The van der Waals surface area contributed by atoms with Gasteiger partial charge < -0.3 is 0 Å². The summed E-state index contributed by atoms with van der Waals surface area (Å²) < 4.78 is 0. The topological polar surface area (TPSA) is 0 Å². The first kappa shape index (κ1) is 40.1. The second kappa shape index (κ2) is 21.0. The van der Waals surface area contributed by atoms with Crippen molar-refractivity contribution in [3.8, 4) is 0 Å². The molecule has 0 N–H and O–H groups in total. The maximum absolute atomic E-state index is 0. The minimum absolute atomic E-state index is 0. The van der Waals surface area contributed by atoms with Crippen LogP contribution in [0.1, 0.15) is 0 Å². The molecule has 0 aromatic heterocycles. The van der Waals surface area contributed by atoms with Crippen LogP contribution in [-0.2, 0) is 40.9 Å². The molecule has 0 spiro atoms. The van der Waals surface area contributed by atoms with Crippen LogP contribution in [0, 0.1) is 7.43 Å². The molecule has 4 heavy (non-hydrogen) atoms. The molecule has 0 heterocycles. The van der Waals surface area contributed by atoms with Crippen LogP contribution in [0.2, 0.25) is 0 Å². The van der Waals surface area contributed by atoms with Crippen LogP contribution in [0.5, 0.6) is 0 Å². The smallest absolute Gasteiger partial charge is 0 e. The van der Waals surface area contributed by atoms with Crippen LogP contribution in [0.15, 0.2) is 0 Å². The fourth-order valence-corrected chi connectivity index (χ4v) is 0. The molecule has 0 aliphatic rings. The Kier molecular flexibility index (Phi) is 210. The molecule has 0 nitrogen and oxygen atoms in total. The molecule has 0 saturated heterocycles. The second-order valence-corrected chi connectivity index (χ2v) is 0. The molecule has 0 aliphatic heterocycles. The third-order valence-electron chi connectivity index (χ3n) is 0. The average Bonchev–Trinajstić information content (AvgIpc) is 0. The van der Waals surface area contributed by atoms with Gasteiger partial charge >= 0.3 is 0 Å². The minimum atomic E-state index is 0. The molecule has 0 aliphatic carbocycles. The molecule has 0 unspecified atom stereocenters. The maximum Gasteiger partial charge on any atom is 0 e. The van der Waals surface area contributed by atoms with E-state index in [4.69, 9.17) is 0 Å². The minimum Gasteiger partial charge on any atom is 0 e. The van der Waals surface area contributed by atoms with E-state index >= 15 is 0 Å². The van der Waals surface area contributed by atoms with Gasteiger partial charge in [0, 0.05) is 65.7 Å². The molecule has 0 atom stereocenters. The fraction of sp³-hybridized carbons (Fsp3) is 0. The van der Waals surface area contributed by atoms with Crippen molar-refractivity contribution >= 4 is 17.4 Å². The van der Waals surface area contributed by atoms with Crippen LogP contribution in [0.3, 0.4) is 0 Å². The first-order valence-corrected chi connectivity index (χ1v) is 0. The van der Waals surface area contributed by atoms with Gasteiger partial charge in [-0.2, -0.15) is 0 Å². The van der Waals surface area contributed by atoms with Crippen LogP contribution < -0.4 is 0 Å². The Labute approximate surface area is 65.3 Å². The Hall–Kier alpha value is 1.86. The van der Waals surface area contributed by atoms with Gasteiger partial charge in [-0.3, -0.25) is 0 Å².